The SMILES string of the molecule is Clc1ccc(CSc2nnc(N3CCOCC3)n2-c2ccccc2)cc1Cl. The second-order valence-corrected chi connectivity index (χ2v) is 7.85. The molecule has 1 aliphatic heterocycles. The average molecular weight is 421 g/mol. The number of aromatic nitrogens is 3. The third kappa shape index (κ3) is 4.24. The summed E-state index contributed by atoms with van der Waals surface area (Å²) in [6, 6.07) is 15.9. The first kappa shape index (κ1) is 18.6. The number of halogens is 2. The molecule has 0 aliphatic carbocycles. The zero-order valence-corrected chi connectivity index (χ0v) is 16.8. The van der Waals surface area contributed by atoms with E-state index in [0.29, 0.717) is 23.3 Å². The summed E-state index contributed by atoms with van der Waals surface area (Å²) >= 11 is 13.8. The summed E-state index contributed by atoms with van der Waals surface area (Å²) in [6.45, 7) is 3.02. The van der Waals surface area contributed by atoms with Crippen LogP contribution in [0.2, 0.25) is 10.0 Å². The van der Waals surface area contributed by atoms with Crippen molar-refractivity contribution < 1.29 is 4.74 Å². The summed E-state index contributed by atoms with van der Waals surface area (Å²) in [4.78, 5) is 2.21. The van der Waals surface area contributed by atoms with E-state index in [9.17, 15) is 0 Å². The van der Waals surface area contributed by atoms with Gasteiger partial charge < -0.3 is 9.64 Å². The van der Waals surface area contributed by atoms with Crippen molar-refractivity contribution in [3.05, 3.63) is 64.1 Å². The molecule has 0 bridgehead atoms. The standard InChI is InChI=1S/C19H18Cl2N4OS/c20-16-7-6-14(12-17(16)21)13-27-19-23-22-18(24-8-10-26-11-9-24)25(19)15-4-2-1-3-5-15/h1-7,12H,8-11,13H2. The summed E-state index contributed by atoms with van der Waals surface area (Å²) < 4.78 is 7.58. The molecule has 0 unspecified atom stereocenters. The van der Waals surface area contributed by atoms with Gasteiger partial charge in [0.2, 0.25) is 5.95 Å². The first-order valence-corrected chi connectivity index (χ1v) is 10.4. The molecule has 1 fully saturated rings. The molecule has 0 amide bonds. The van der Waals surface area contributed by atoms with Crippen molar-refractivity contribution in [3.63, 3.8) is 0 Å². The molecule has 2 heterocycles. The molecule has 5 nitrogen and oxygen atoms in total. The van der Waals surface area contributed by atoms with Gasteiger partial charge >= 0.3 is 0 Å². The monoisotopic (exact) mass is 420 g/mol. The number of anilines is 1. The predicted octanol–water partition coefficient (Wildman–Crippen LogP) is 4.70. The van der Waals surface area contributed by atoms with Gasteiger partial charge in [-0.3, -0.25) is 4.57 Å². The number of benzene rings is 2. The third-order valence-electron chi connectivity index (χ3n) is 4.28. The molecule has 0 radical (unpaired) electrons. The van der Waals surface area contributed by atoms with E-state index in [0.717, 1.165) is 41.2 Å². The molecule has 1 aromatic heterocycles. The third-order valence-corrected chi connectivity index (χ3v) is 6.02. The summed E-state index contributed by atoms with van der Waals surface area (Å²) in [5.74, 6) is 1.58. The van der Waals surface area contributed by atoms with E-state index < -0.39 is 0 Å². The number of morpholine rings is 1. The van der Waals surface area contributed by atoms with Crippen LogP contribution in [-0.2, 0) is 10.5 Å². The lowest BCUT2D eigenvalue weighted by Gasteiger charge is -2.27. The molecular weight excluding hydrogens is 403 g/mol. The minimum atomic E-state index is 0.562. The average Bonchev–Trinajstić information content (AvgIpc) is 3.14. The zero-order chi connectivity index (χ0) is 18.6. The van der Waals surface area contributed by atoms with E-state index in [1.165, 1.54) is 0 Å². The fourth-order valence-corrected chi connectivity index (χ4v) is 4.11. The van der Waals surface area contributed by atoms with Gasteiger partial charge in [-0.2, -0.15) is 0 Å². The lowest BCUT2D eigenvalue weighted by Crippen LogP contribution is -2.37. The normalized spacial score (nSPS) is 14.5. The van der Waals surface area contributed by atoms with E-state index >= 15 is 0 Å². The smallest absolute Gasteiger partial charge is 0.232 e. The van der Waals surface area contributed by atoms with Gasteiger partial charge in [0.1, 0.15) is 0 Å². The molecule has 4 rings (SSSR count). The van der Waals surface area contributed by atoms with Gasteiger partial charge in [-0.15, -0.1) is 10.2 Å². The quantitative estimate of drug-likeness (QED) is 0.559. The lowest BCUT2D eigenvalue weighted by atomic mass is 10.2. The van der Waals surface area contributed by atoms with Crippen LogP contribution in [0.3, 0.4) is 0 Å². The lowest BCUT2D eigenvalue weighted by molar-refractivity contribution is 0.122. The van der Waals surface area contributed by atoms with Crippen LogP contribution in [0.1, 0.15) is 5.56 Å². The highest BCUT2D eigenvalue weighted by molar-refractivity contribution is 7.98. The van der Waals surface area contributed by atoms with Gasteiger partial charge in [-0.05, 0) is 29.8 Å². The number of para-hydroxylation sites is 1. The highest BCUT2D eigenvalue weighted by atomic mass is 35.5. The summed E-state index contributed by atoms with van der Waals surface area (Å²) in [5, 5.41) is 10.9. The Kier molecular flexibility index (Phi) is 5.88. The van der Waals surface area contributed by atoms with Crippen LogP contribution < -0.4 is 4.90 Å². The molecule has 1 aliphatic rings. The van der Waals surface area contributed by atoms with Crippen molar-refractivity contribution in [1.29, 1.82) is 0 Å². The maximum absolute atomic E-state index is 6.14. The van der Waals surface area contributed by atoms with E-state index in [-0.39, 0.29) is 0 Å². The van der Waals surface area contributed by atoms with Crippen molar-refractivity contribution in [2.45, 2.75) is 10.9 Å². The predicted molar refractivity (Wildman–Crippen MR) is 110 cm³/mol. The Morgan fingerprint density at radius 1 is 0.963 bits per heavy atom. The number of nitrogens with zero attached hydrogens (tertiary/aromatic N) is 4. The van der Waals surface area contributed by atoms with Crippen LogP contribution in [-0.4, -0.2) is 41.1 Å². The minimum absolute atomic E-state index is 0.562. The van der Waals surface area contributed by atoms with Crippen molar-refractivity contribution in [2.75, 3.05) is 31.2 Å². The van der Waals surface area contributed by atoms with Gasteiger partial charge in [0.15, 0.2) is 5.16 Å². The fraction of sp³-hybridized carbons (Fsp3) is 0.263. The second-order valence-electron chi connectivity index (χ2n) is 6.09. The van der Waals surface area contributed by atoms with Crippen LogP contribution >= 0.6 is 35.0 Å². The maximum atomic E-state index is 6.14. The molecule has 3 aromatic rings. The Balaban J connectivity index is 1.63. The Morgan fingerprint density at radius 3 is 2.48 bits per heavy atom. The molecule has 1 saturated heterocycles. The molecule has 27 heavy (non-hydrogen) atoms. The Hall–Kier alpha value is -1.73. The second kappa shape index (κ2) is 8.52. The van der Waals surface area contributed by atoms with E-state index in [1.807, 2.05) is 36.4 Å². The van der Waals surface area contributed by atoms with Gasteiger partial charge in [0, 0.05) is 18.8 Å². The van der Waals surface area contributed by atoms with E-state index in [1.54, 1.807) is 11.8 Å². The van der Waals surface area contributed by atoms with Crippen LogP contribution in [0.4, 0.5) is 5.95 Å². The first-order valence-electron chi connectivity index (χ1n) is 8.62. The van der Waals surface area contributed by atoms with Crippen LogP contribution in [0.25, 0.3) is 5.69 Å². The fourth-order valence-electron chi connectivity index (χ4n) is 2.90. The summed E-state index contributed by atoms with van der Waals surface area (Å²) in [5.41, 5.74) is 2.13. The van der Waals surface area contributed by atoms with Crippen LogP contribution in [0, 0.1) is 0 Å². The van der Waals surface area contributed by atoms with Gasteiger partial charge in [-0.1, -0.05) is 59.2 Å². The largest absolute Gasteiger partial charge is 0.378 e. The molecule has 0 N–H and O–H groups in total. The van der Waals surface area contributed by atoms with Gasteiger partial charge in [-0.25, -0.2) is 0 Å². The van der Waals surface area contributed by atoms with Crippen molar-refractivity contribution in [2.24, 2.45) is 0 Å². The van der Waals surface area contributed by atoms with Crippen molar-refractivity contribution in [1.82, 2.24) is 14.8 Å². The number of thioether (sulfide) groups is 1. The van der Waals surface area contributed by atoms with Crippen LogP contribution in [0.5, 0.6) is 0 Å². The summed E-state index contributed by atoms with van der Waals surface area (Å²) in [6.07, 6.45) is 0. The minimum Gasteiger partial charge on any atom is -0.378 e. The van der Waals surface area contributed by atoms with Crippen LogP contribution in [0.15, 0.2) is 53.7 Å². The summed E-state index contributed by atoms with van der Waals surface area (Å²) in [7, 11) is 0. The first-order chi connectivity index (χ1) is 13.2. The Labute approximate surface area is 172 Å². The molecule has 0 saturated carbocycles. The van der Waals surface area contributed by atoms with Crippen molar-refractivity contribution in [3.8, 4) is 5.69 Å². The molecule has 0 atom stereocenters. The number of hydrogen-bond donors (Lipinski definition) is 0. The van der Waals surface area contributed by atoms with Gasteiger partial charge in [0.05, 0.1) is 28.9 Å². The zero-order valence-electron chi connectivity index (χ0n) is 14.5. The van der Waals surface area contributed by atoms with Gasteiger partial charge in [0.25, 0.3) is 0 Å². The van der Waals surface area contributed by atoms with E-state index in [2.05, 4.69) is 31.8 Å². The van der Waals surface area contributed by atoms with Crippen molar-refractivity contribution >= 4 is 40.9 Å². The molecule has 0 spiro atoms. The Morgan fingerprint density at radius 2 is 1.74 bits per heavy atom. The number of rotatable bonds is 5. The number of hydrogen-bond acceptors (Lipinski definition) is 5. The highest BCUT2D eigenvalue weighted by Gasteiger charge is 2.21. The number of ether oxygens (including phenoxy) is 1. The molecule has 8 heteroatoms. The maximum Gasteiger partial charge on any atom is 0.232 e. The highest BCUT2D eigenvalue weighted by Crippen LogP contribution is 2.31. The molecule has 140 valence electrons. The van der Waals surface area contributed by atoms with E-state index in [4.69, 9.17) is 27.9 Å². The topological polar surface area (TPSA) is 43.2 Å². The Bertz CT molecular complexity index is 913. The molecular formula is C19H18Cl2N4OS. The molecule has 2 aromatic carbocycles.